The predicted octanol–water partition coefficient (Wildman–Crippen LogP) is 2.41. The number of amides is 1. The van der Waals surface area contributed by atoms with Gasteiger partial charge in [0.15, 0.2) is 0 Å². The molecule has 2 N–H and O–H groups in total. The van der Waals surface area contributed by atoms with Crippen molar-refractivity contribution < 1.29 is 4.79 Å². The van der Waals surface area contributed by atoms with Crippen LogP contribution in [0.15, 0.2) is 23.7 Å². The van der Waals surface area contributed by atoms with Crippen LogP contribution in [0.25, 0.3) is 10.1 Å². The van der Waals surface area contributed by atoms with Gasteiger partial charge in [0.1, 0.15) is 5.69 Å². The Morgan fingerprint density at radius 3 is 3.35 bits per heavy atom. The first kappa shape index (κ1) is 13.5. The first-order chi connectivity index (χ1) is 9.78. The average molecular weight is 289 g/mol. The van der Waals surface area contributed by atoms with Crippen LogP contribution < -0.4 is 10.6 Å². The number of hydrogen-bond acceptors (Lipinski definition) is 4. The van der Waals surface area contributed by atoms with Crippen molar-refractivity contribution in [3.63, 3.8) is 0 Å². The van der Waals surface area contributed by atoms with Crippen LogP contribution in [-0.4, -0.2) is 30.0 Å². The number of thiophene rings is 1. The zero-order valence-corrected chi connectivity index (χ0v) is 12.4. The minimum Gasteiger partial charge on any atom is -0.346 e. The number of pyridine rings is 1. The fourth-order valence-electron chi connectivity index (χ4n) is 2.80. The third kappa shape index (κ3) is 2.69. The van der Waals surface area contributed by atoms with E-state index in [1.54, 1.807) is 17.5 Å². The monoisotopic (exact) mass is 289 g/mol. The van der Waals surface area contributed by atoms with E-state index >= 15 is 0 Å². The number of aromatic nitrogens is 1. The van der Waals surface area contributed by atoms with Gasteiger partial charge in [-0.1, -0.05) is 13.3 Å². The van der Waals surface area contributed by atoms with Gasteiger partial charge in [0.25, 0.3) is 5.91 Å². The van der Waals surface area contributed by atoms with E-state index in [2.05, 4.69) is 22.5 Å². The Kier molecular flexibility index (Phi) is 3.98. The molecule has 0 aromatic carbocycles. The fourth-order valence-corrected chi connectivity index (χ4v) is 3.54. The van der Waals surface area contributed by atoms with E-state index in [0.29, 0.717) is 11.6 Å². The number of piperidine rings is 1. The molecule has 2 aromatic rings. The predicted molar refractivity (Wildman–Crippen MR) is 82.1 cm³/mol. The molecule has 1 saturated heterocycles. The van der Waals surface area contributed by atoms with E-state index in [4.69, 9.17) is 0 Å². The lowest BCUT2D eigenvalue weighted by molar-refractivity contribution is 0.0905. The largest absolute Gasteiger partial charge is 0.346 e. The number of carbonyl (C=O) groups excluding carboxylic acids is 1. The van der Waals surface area contributed by atoms with Crippen LogP contribution in [0.5, 0.6) is 0 Å². The number of nitrogens with zero attached hydrogens (tertiary/aromatic N) is 1. The number of nitrogens with one attached hydrogen (secondary N) is 2. The van der Waals surface area contributed by atoms with E-state index in [9.17, 15) is 4.79 Å². The Hall–Kier alpha value is -1.46. The van der Waals surface area contributed by atoms with Crippen molar-refractivity contribution in [2.75, 3.05) is 13.1 Å². The first-order valence-electron chi connectivity index (χ1n) is 7.12. The molecular weight excluding hydrogens is 270 g/mol. The van der Waals surface area contributed by atoms with Gasteiger partial charge in [-0.3, -0.25) is 4.79 Å². The average Bonchev–Trinajstić information content (AvgIpc) is 2.95. The molecule has 0 spiro atoms. The Balaban J connectivity index is 1.74. The Morgan fingerprint density at radius 2 is 2.50 bits per heavy atom. The smallest absolute Gasteiger partial charge is 0.270 e. The highest BCUT2D eigenvalue weighted by molar-refractivity contribution is 7.17. The van der Waals surface area contributed by atoms with Gasteiger partial charge in [-0.2, -0.15) is 0 Å². The zero-order valence-electron chi connectivity index (χ0n) is 11.6. The molecule has 2 atom stereocenters. The lowest BCUT2D eigenvalue weighted by Gasteiger charge is -2.32. The van der Waals surface area contributed by atoms with E-state index in [1.165, 1.54) is 0 Å². The van der Waals surface area contributed by atoms with Gasteiger partial charge < -0.3 is 10.6 Å². The molecule has 1 aliphatic heterocycles. The summed E-state index contributed by atoms with van der Waals surface area (Å²) >= 11 is 1.64. The highest BCUT2D eigenvalue weighted by Gasteiger charge is 2.25. The number of fused-ring (bicyclic) bond motifs is 1. The molecule has 1 aliphatic rings. The van der Waals surface area contributed by atoms with Crippen molar-refractivity contribution in [2.24, 2.45) is 5.92 Å². The molecule has 3 heterocycles. The maximum Gasteiger partial charge on any atom is 0.270 e. The number of hydrogen-bond donors (Lipinski definition) is 2. The summed E-state index contributed by atoms with van der Waals surface area (Å²) in [5, 5.41) is 9.59. The maximum absolute atomic E-state index is 12.3. The summed E-state index contributed by atoms with van der Waals surface area (Å²) in [5.41, 5.74) is 0.510. The van der Waals surface area contributed by atoms with Crippen LogP contribution in [0.2, 0.25) is 0 Å². The van der Waals surface area contributed by atoms with Crippen LogP contribution >= 0.6 is 11.3 Å². The van der Waals surface area contributed by atoms with Crippen molar-refractivity contribution in [1.29, 1.82) is 0 Å². The molecule has 2 unspecified atom stereocenters. The van der Waals surface area contributed by atoms with E-state index < -0.39 is 0 Å². The van der Waals surface area contributed by atoms with Crippen LogP contribution in [0.4, 0.5) is 0 Å². The molecule has 4 nitrogen and oxygen atoms in total. The van der Waals surface area contributed by atoms with Crippen molar-refractivity contribution in [2.45, 2.75) is 25.8 Å². The van der Waals surface area contributed by atoms with Gasteiger partial charge in [0.2, 0.25) is 0 Å². The Morgan fingerprint density at radius 1 is 1.60 bits per heavy atom. The minimum absolute atomic E-state index is 0.0646. The second kappa shape index (κ2) is 5.89. The van der Waals surface area contributed by atoms with Crippen molar-refractivity contribution in [1.82, 2.24) is 15.6 Å². The molecule has 0 bridgehead atoms. The van der Waals surface area contributed by atoms with Gasteiger partial charge in [-0.15, -0.1) is 11.3 Å². The highest BCUT2D eigenvalue weighted by atomic mass is 32.1. The number of rotatable bonds is 3. The van der Waals surface area contributed by atoms with E-state index in [-0.39, 0.29) is 11.9 Å². The van der Waals surface area contributed by atoms with Gasteiger partial charge >= 0.3 is 0 Å². The molecule has 106 valence electrons. The van der Waals surface area contributed by atoms with Gasteiger partial charge in [-0.05, 0) is 41.8 Å². The Labute approximate surface area is 122 Å². The third-order valence-corrected chi connectivity index (χ3v) is 4.91. The summed E-state index contributed by atoms with van der Waals surface area (Å²) in [4.78, 5) is 16.6. The van der Waals surface area contributed by atoms with Crippen LogP contribution in [0.1, 0.15) is 30.3 Å². The number of carbonyl (C=O) groups is 1. The van der Waals surface area contributed by atoms with Crippen molar-refractivity contribution in [3.8, 4) is 0 Å². The first-order valence-corrected chi connectivity index (χ1v) is 8.00. The van der Waals surface area contributed by atoms with Gasteiger partial charge in [0.05, 0.1) is 4.70 Å². The normalized spacial score (nSPS) is 22.9. The second-order valence-electron chi connectivity index (χ2n) is 5.27. The van der Waals surface area contributed by atoms with Gasteiger partial charge in [-0.25, -0.2) is 4.98 Å². The maximum atomic E-state index is 12.3. The summed E-state index contributed by atoms with van der Waals surface area (Å²) in [6.45, 7) is 4.08. The SMILES string of the molecule is CCC1CCNCC1NC(=O)c1cc2ccsc2cn1. The van der Waals surface area contributed by atoms with E-state index in [0.717, 1.165) is 36.0 Å². The molecule has 5 heteroatoms. The third-order valence-electron chi connectivity index (χ3n) is 4.04. The second-order valence-corrected chi connectivity index (χ2v) is 6.22. The molecule has 3 rings (SSSR count). The standard InChI is InChI=1S/C15H19N3OS/c1-2-10-3-5-16-8-13(10)18-15(19)12-7-11-4-6-20-14(11)9-17-12/h4,6-7,9-10,13,16H,2-3,5,8H2,1H3,(H,18,19). The summed E-state index contributed by atoms with van der Waals surface area (Å²) in [6, 6.07) is 4.11. The molecule has 2 aromatic heterocycles. The lowest BCUT2D eigenvalue weighted by atomic mass is 9.90. The van der Waals surface area contributed by atoms with Crippen LogP contribution in [0, 0.1) is 5.92 Å². The van der Waals surface area contributed by atoms with Crippen LogP contribution in [0.3, 0.4) is 0 Å². The quantitative estimate of drug-likeness (QED) is 0.912. The molecule has 20 heavy (non-hydrogen) atoms. The minimum atomic E-state index is -0.0646. The summed E-state index contributed by atoms with van der Waals surface area (Å²) < 4.78 is 1.12. The summed E-state index contributed by atoms with van der Waals surface area (Å²) in [6.07, 6.45) is 4.01. The fraction of sp³-hybridized carbons (Fsp3) is 0.467. The van der Waals surface area contributed by atoms with Gasteiger partial charge in [0, 0.05) is 18.8 Å². The molecule has 1 amide bonds. The zero-order chi connectivity index (χ0) is 13.9. The summed E-state index contributed by atoms with van der Waals surface area (Å²) in [7, 11) is 0. The van der Waals surface area contributed by atoms with Crippen molar-refractivity contribution >= 4 is 27.3 Å². The molecule has 0 radical (unpaired) electrons. The van der Waals surface area contributed by atoms with Crippen LogP contribution in [-0.2, 0) is 0 Å². The molecular formula is C15H19N3OS. The summed E-state index contributed by atoms with van der Waals surface area (Å²) in [5.74, 6) is 0.496. The molecule has 0 aliphatic carbocycles. The van der Waals surface area contributed by atoms with E-state index in [1.807, 2.05) is 17.5 Å². The molecule has 0 saturated carbocycles. The highest BCUT2D eigenvalue weighted by Crippen LogP contribution is 2.21. The van der Waals surface area contributed by atoms with Crippen molar-refractivity contribution in [3.05, 3.63) is 29.4 Å². The Bertz CT molecular complexity index is 610. The lowest BCUT2D eigenvalue weighted by Crippen LogP contribution is -2.51. The topological polar surface area (TPSA) is 54.0 Å². The molecule has 1 fully saturated rings.